The predicted octanol–water partition coefficient (Wildman–Crippen LogP) is 3.44. The van der Waals surface area contributed by atoms with E-state index in [-0.39, 0.29) is 12.2 Å². The zero-order chi connectivity index (χ0) is 13.8. The molecule has 0 aliphatic carbocycles. The smallest absolute Gasteiger partial charge is 0.313 e. The first-order valence-corrected chi connectivity index (χ1v) is 6.86. The Morgan fingerprint density at radius 1 is 1.37 bits per heavy atom. The van der Waals surface area contributed by atoms with Crippen LogP contribution in [0.25, 0.3) is 6.08 Å². The Labute approximate surface area is 116 Å². The number of fused-ring (bicyclic) bond motifs is 1. The molecule has 1 aromatic rings. The van der Waals surface area contributed by atoms with Gasteiger partial charge >= 0.3 is 5.97 Å². The third kappa shape index (κ3) is 3.37. The van der Waals surface area contributed by atoms with Crippen molar-refractivity contribution in [3.63, 3.8) is 0 Å². The van der Waals surface area contributed by atoms with Gasteiger partial charge in [-0.1, -0.05) is 17.8 Å². The zero-order valence-electron chi connectivity index (χ0n) is 10.9. The van der Waals surface area contributed by atoms with Crippen molar-refractivity contribution < 1.29 is 14.3 Å². The van der Waals surface area contributed by atoms with E-state index >= 15 is 0 Å². The highest BCUT2D eigenvalue weighted by Gasteiger charge is 2.15. The Kier molecular flexibility index (Phi) is 4.25. The monoisotopic (exact) mass is 274 g/mol. The van der Waals surface area contributed by atoms with Crippen molar-refractivity contribution in [3.8, 4) is 0 Å². The SMILES string of the molecule is CCOC(=O)CC(=O)c1ccc2c(c1)C=C=C(C)S2. The van der Waals surface area contributed by atoms with E-state index < -0.39 is 5.97 Å². The van der Waals surface area contributed by atoms with Crippen LogP contribution in [0, 0.1) is 0 Å². The fourth-order valence-corrected chi connectivity index (χ4v) is 2.57. The molecule has 0 amide bonds. The van der Waals surface area contributed by atoms with Gasteiger partial charge in [0.05, 0.1) is 6.61 Å². The molecule has 0 saturated heterocycles. The first kappa shape index (κ1) is 13.7. The predicted molar refractivity (Wildman–Crippen MR) is 75.0 cm³/mol. The lowest BCUT2D eigenvalue weighted by Gasteiger charge is -2.10. The third-order valence-electron chi connectivity index (χ3n) is 2.64. The van der Waals surface area contributed by atoms with E-state index in [1.807, 2.05) is 19.1 Å². The van der Waals surface area contributed by atoms with Gasteiger partial charge in [-0.3, -0.25) is 9.59 Å². The van der Waals surface area contributed by atoms with E-state index in [9.17, 15) is 9.59 Å². The quantitative estimate of drug-likeness (QED) is 0.365. The van der Waals surface area contributed by atoms with E-state index in [2.05, 4.69) is 5.73 Å². The average Bonchev–Trinajstić information content (AvgIpc) is 2.38. The van der Waals surface area contributed by atoms with Crippen LogP contribution in [0.15, 0.2) is 33.7 Å². The second-order valence-electron chi connectivity index (χ2n) is 4.10. The first-order chi connectivity index (χ1) is 9.10. The number of thioether (sulfide) groups is 1. The second kappa shape index (κ2) is 5.91. The summed E-state index contributed by atoms with van der Waals surface area (Å²) in [7, 11) is 0. The zero-order valence-corrected chi connectivity index (χ0v) is 11.7. The highest BCUT2D eigenvalue weighted by atomic mass is 32.2. The number of ether oxygens (including phenoxy) is 1. The molecular weight excluding hydrogens is 260 g/mol. The molecule has 3 nitrogen and oxygen atoms in total. The molecule has 0 N–H and O–H groups in total. The lowest BCUT2D eigenvalue weighted by molar-refractivity contribution is -0.141. The number of Topliss-reactive ketones (excluding diaryl/α,β-unsaturated/α-hetero) is 1. The van der Waals surface area contributed by atoms with Gasteiger partial charge in [0.2, 0.25) is 0 Å². The van der Waals surface area contributed by atoms with Crippen LogP contribution in [0.5, 0.6) is 0 Å². The van der Waals surface area contributed by atoms with Crippen molar-refractivity contribution in [2.45, 2.75) is 25.2 Å². The minimum atomic E-state index is -0.481. The van der Waals surface area contributed by atoms with Crippen molar-refractivity contribution in [2.24, 2.45) is 0 Å². The molecule has 0 saturated carbocycles. The lowest BCUT2D eigenvalue weighted by atomic mass is 10.0. The summed E-state index contributed by atoms with van der Waals surface area (Å²) in [5.74, 6) is -0.697. The lowest BCUT2D eigenvalue weighted by Crippen LogP contribution is -2.11. The highest BCUT2D eigenvalue weighted by Crippen LogP contribution is 2.33. The van der Waals surface area contributed by atoms with Gasteiger partial charge in [-0.05, 0) is 37.6 Å². The summed E-state index contributed by atoms with van der Waals surface area (Å²) in [6.07, 6.45) is 1.65. The Balaban J connectivity index is 2.17. The normalized spacial score (nSPS) is 12.6. The van der Waals surface area contributed by atoms with Gasteiger partial charge in [0.15, 0.2) is 5.78 Å². The number of carbonyl (C=O) groups excluding carboxylic acids is 2. The summed E-state index contributed by atoms with van der Waals surface area (Å²) >= 11 is 1.63. The van der Waals surface area contributed by atoms with E-state index in [0.717, 1.165) is 15.4 Å². The van der Waals surface area contributed by atoms with Gasteiger partial charge in [0.1, 0.15) is 6.42 Å². The molecule has 1 heterocycles. The van der Waals surface area contributed by atoms with E-state index in [0.29, 0.717) is 12.2 Å². The number of carbonyl (C=O) groups is 2. The molecule has 0 spiro atoms. The standard InChI is InChI=1S/C15H14O3S/c1-3-18-15(17)9-13(16)11-6-7-14-12(8-11)5-4-10(2)19-14/h5-8H,3,9H2,1-2H3. The summed E-state index contributed by atoms with van der Waals surface area (Å²) in [5.41, 5.74) is 4.61. The second-order valence-corrected chi connectivity index (χ2v) is 5.36. The van der Waals surface area contributed by atoms with E-state index in [1.54, 1.807) is 30.8 Å². The van der Waals surface area contributed by atoms with Gasteiger partial charge in [0.25, 0.3) is 0 Å². The molecule has 0 aromatic heterocycles. The number of rotatable bonds is 4. The topological polar surface area (TPSA) is 43.4 Å². The van der Waals surface area contributed by atoms with Gasteiger partial charge in [0, 0.05) is 15.4 Å². The van der Waals surface area contributed by atoms with Crippen LogP contribution in [0.3, 0.4) is 0 Å². The molecule has 0 atom stereocenters. The highest BCUT2D eigenvalue weighted by molar-refractivity contribution is 8.03. The maximum absolute atomic E-state index is 11.9. The summed E-state index contributed by atoms with van der Waals surface area (Å²) in [6, 6.07) is 5.45. The molecule has 1 aromatic carbocycles. The number of esters is 1. The van der Waals surface area contributed by atoms with Crippen LogP contribution >= 0.6 is 11.8 Å². The molecular formula is C15H14O3S. The fraction of sp³-hybridized carbons (Fsp3) is 0.267. The maximum Gasteiger partial charge on any atom is 0.313 e. The first-order valence-electron chi connectivity index (χ1n) is 6.04. The molecule has 98 valence electrons. The Hall–Kier alpha value is -1.77. The Morgan fingerprint density at radius 3 is 2.89 bits per heavy atom. The fourth-order valence-electron chi connectivity index (χ4n) is 1.75. The van der Waals surface area contributed by atoms with Crippen LogP contribution < -0.4 is 0 Å². The van der Waals surface area contributed by atoms with Crippen molar-refractivity contribution in [2.75, 3.05) is 6.61 Å². The van der Waals surface area contributed by atoms with E-state index in [1.165, 1.54) is 0 Å². The van der Waals surface area contributed by atoms with Gasteiger partial charge in [-0.15, -0.1) is 5.73 Å². The van der Waals surface area contributed by atoms with Crippen molar-refractivity contribution in [1.29, 1.82) is 0 Å². The van der Waals surface area contributed by atoms with E-state index in [4.69, 9.17) is 4.74 Å². The number of hydrogen-bond donors (Lipinski definition) is 0. The third-order valence-corrected chi connectivity index (χ3v) is 3.65. The van der Waals surface area contributed by atoms with Gasteiger partial charge in [-0.2, -0.15) is 0 Å². The summed E-state index contributed by atoms with van der Waals surface area (Å²) in [6.45, 7) is 4.00. The Morgan fingerprint density at radius 2 is 2.16 bits per heavy atom. The molecule has 0 unspecified atom stereocenters. The van der Waals surface area contributed by atoms with Crippen LogP contribution in [0.1, 0.15) is 36.2 Å². The molecule has 1 aliphatic rings. The van der Waals surface area contributed by atoms with Crippen LogP contribution in [0.4, 0.5) is 0 Å². The molecule has 0 radical (unpaired) electrons. The summed E-state index contributed by atoms with van der Waals surface area (Å²) in [4.78, 5) is 25.4. The molecule has 19 heavy (non-hydrogen) atoms. The largest absolute Gasteiger partial charge is 0.466 e. The number of ketones is 1. The van der Waals surface area contributed by atoms with Gasteiger partial charge < -0.3 is 4.74 Å². The summed E-state index contributed by atoms with van der Waals surface area (Å²) in [5, 5.41) is 0. The van der Waals surface area contributed by atoms with Crippen molar-refractivity contribution in [3.05, 3.63) is 40.0 Å². The minimum Gasteiger partial charge on any atom is -0.466 e. The molecule has 0 fully saturated rings. The Bertz CT molecular complexity index is 595. The van der Waals surface area contributed by atoms with Crippen molar-refractivity contribution in [1.82, 2.24) is 0 Å². The van der Waals surface area contributed by atoms with Crippen molar-refractivity contribution >= 4 is 29.6 Å². The number of allylic oxidation sites excluding steroid dienone is 1. The molecule has 1 aliphatic heterocycles. The minimum absolute atomic E-state index is 0.210. The average molecular weight is 274 g/mol. The van der Waals surface area contributed by atoms with Crippen LogP contribution in [-0.2, 0) is 9.53 Å². The molecule has 0 bridgehead atoms. The number of hydrogen-bond acceptors (Lipinski definition) is 4. The van der Waals surface area contributed by atoms with Crippen LogP contribution in [-0.4, -0.2) is 18.4 Å². The molecule has 4 heteroatoms. The van der Waals surface area contributed by atoms with Crippen LogP contribution in [0.2, 0.25) is 0 Å². The maximum atomic E-state index is 11.9. The summed E-state index contributed by atoms with van der Waals surface area (Å²) < 4.78 is 4.77. The van der Waals surface area contributed by atoms with Gasteiger partial charge in [-0.25, -0.2) is 0 Å². The molecule has 2 rings (SSSR count). The number of benzene rings is 1.